The van der Waals surface area contributed by atoms with E-state index in [1.54, 1.807) is 36.4 Å². The van der Waals surface area contributed by atoms with Crippen LogP contribution in [0.3, 0.4) is 0 Å². The molecule has 0 spiro atoms. The second-order valence-electron chi connectivity index (χ2n) is 5.58. The molecule has 0 aliphatic rings. The third-order valence-corrected chi connectivity index (χ3v) is 4.19. The number of nitrogens with one attached hydrogen (secondary N) is 1. The molecule has 0 atom stereocenters. The van der Waals surface area contributed by atoms with Crippen LogP contribution in [-0.2, 0) is 11.3 Å². The SMILES string of the molecule is N#Cc1cccc(NC(=O)Cn2nc(-c3ccc(Cl)cc3Cl)ccc2=O)c1. The maximum Gasteiger partial charge on any atom is 0.267 e. The summed E-state index contributed by atoms with van der Waals surface area (Å²) in [6.45, 7) is -0.283. The van der Waals surface area contributed by atoms with Gasteiger partial charge in [-0.15, -0.1) is 0 Å². The number of benzene rings is 2. The van der Waals surface area contributed by atoms with E-state index in [-0.39, 0.29) is 6.54 Å². The largest absolute Gasteiger partial charge is 0.324 e. The highest BCUT2D eigenvalue weighted by atomic mass is 35.5. The lowest BCUT2D eigenvalue weighted by atomic mass is 10.1. The zero-order valence-electron chi connectivity index (χ0n) is 13.8. The molecule has 2 aromatic carbocycles. The van der Waals surface area contributed by atoms with Crippen molar-refractivity contribution in [1.82, 2.24) is 9.78 Å². The number of nitriles is 1. The van der Waals surface area contributed by atoms with Crippen LogP contribution in [0.15, 0.2) is 59.4 Å². The van der Waals surface area contributed by atoms with Gasteiger partial charge in [-0.1, -0.05) is 29.3 Å². The normalized spacial score (nSPS) is 10.3. The summed E-state index contributed by atoms with van der Waals surface area (Å²) in [5, 5.41) is 16.6. The lowest BCUT2D eigenvalue weighted by molar-refractivity contribution is -0.117. The van der Waals surface area contributed by atoms with Crippen LogP contribution in [0.4, 0.5) is 5.69 Å². The van der Waals surface area contributed by atoms with E-state index in [4.69, 9.17) is 28.5 Å². The van der Waals surface area contributed by atoms with Gasteiger partial charge in [-0.25, -0.2) is 4.68 Å². The summed E-state index contributed by atoms with van der Waals surface area (Å²) in [4.78, 5) is 24.3. The van der Waals surface area contributed by atoms with Crippen molar-refractivity contribution < 1.29 is 4.79 Å². The summed E-state index contributed by atoms with van der Waals surface area (Å²) in [5.74, 6) is -0.445. The Morgan fingerprint density at radius 2 is 1.96 bits per heavy atom. The van der Waals surface area contributed by atoms with Crippen molar-refractivity contribution in [2.75, 3.05) is 5.32 Å². The van der Waals surface area contributed by atoms with Crippen molar-refractivity contribution in [2.24, 2.45) is 0 Å². The van der Waals surface area contributed by atoms with Crippen LogP contribution < -0.4 is 10.9 Å². The molecule has 27 heavy (non-hydrogen) atoms. The Morgan fingerprint density at radius 3 is 2.70 bits per heavy atom. The van der Waals surface area contributed by atoms with Crippen molar-refractivity contribution in [3.63, 3.8) is 0 Å². The molecule has 134 valence electrons. The van der Waals surface area contributed by atoms with Crippen LogP contribution in [-0.4, -0.2) is 15.7 Å². The van der Waals surface area contributed by atoms with E-state index in [1.165, 1.54) is 18.2 Å². The van der Waals surface area contributed by atoms with Gasteiger partial charge in [-0.3, -0.25) is 9.59 Å². The van der Waals surface area contributed by atoms with Crippen molar-refractivity contribution in [2.45, 2.75) is 6.54 Å². The Hall–Kier alpha value is -3.14. The smallest absolute Gasteiger partial charge is 0.267 e. The predicted octanol–water partition coefficient (Wildman–Crippen LogP) is 3.73. The third kappa shape index (κ3) is 4.53. The molecule has 0 saturated heterocycles. The minimum absolute atomic E-state index is 0.283. The molecule has 0 aliphatic heterocycles. The summed E-state index contributed by atoms with van der Waals surface area (Å²) in [6, 6.07) is 16.2. The maximum atomic E-state index is 12.3. The number of rotatable bonds is 4. The van der Waals surface area contributed by atoms with Crippen LogP contribution in [0.5, 0.6) is 0 Å². The number of anilines is 1. The summed E-state index contributed by atoms with van der Waals surface area (Å²) in [7, 11) is 0. The monoisotopic (exact) mass is 398 g/mol. The number of hydrogen-bond acceptors (Lipinski definition) is 4. The minimum Gasteiger partial charge on any atom is -0.324 e. The first-order chi connectivity index (χ1) is 13.0. The Balaban J connectivity index is 1.83. The van der Waals surface area contributed by atoms with Crippen molar-refractivity contribution in [1.29, 1.82) is 5.26 Å². The Labute approximate surface area is 164 Å². The van der Waals surface area contributed by atoms with Crippen molar-refractivity contribution in [3.05, 3.63) is 80.6 Å². The Kier molecular flexibility index (Phi) is 5.55. The van der Waals surface area contributed by atoms with Gasteiger partial charge in [0.2, 0.25) is 5.91 Å². The zero-order valence-corrected chi connectivity index (χ0v) is 15.3. The lowest BCUT2D eigenvalue weighted by Gasteiger charge is -2.09. The molecular weight excluding hydrogens is 387 g/mol. The summed E-state index contributed by atoms with van der Waals surface area (Å²) in [5.41, 5.74) is 1.49. The van der Waals surface area contributed by atoms with Gasteiger partial charge in [0.15, 0.2) is 0 Å². The van der Waals surface area contributed by atoms with Gasteiger partial charge in [0.25, 0.3) is 5.56 Å². The number of hydrogen-bond donors (Lipinski definition) is 1. The average molecular weight is 399 g/mol. The first-order valence-corrected chi connectivity index (χ1v) is 8.55. The van der Waals surface area contributed by atoms with E-state index >= 15 is 0 Å². The average Bonchev–Trinajstić information content (AvgIpc) is 2.64. The molecule has 0 fully saturated rings. The Bertz CT molecular complexity index is 1120. The second kappa shape index (κ2) is 8.04. The topological polar surface area (TPSA) is 87.8 Å². The highest BCUT2D eigenvalue weighted by Crippen LogP contribution is 2.28. The number of carbonyl (C=O) groups is 1. The standard InChI is InChI=1S/C19H12Cl2N4O2/c20-13-4-5-15(16(21)9-13)17-6-7-19(27)25(24-17)11-18(26)23-14-3-1-2-12(8-14)10-22/h1-9H,11H2,(H,23,26). The highest BCUT2D eigenvalue weighted by molar-refractivity contribution is 6.36. The minimum atomic E-state index is -0.445. The van der Waals surface area contributed by atoms with E-state index in [0.29, 0.717) is 32.6 Å². The van der Waals surface area contributed by atoms with Crippen LogP contribution in [0, 0.1) is 11.3 Å². The van der Waals surface area contributed by atoms with Gasteiger partial charge >= 0.3 is 0 Å². The van der Waals surface area contributed by atoms with Gasteiger partial charge in [-0.2, -0.15) is 10.4 Å². The van der Waals surface area contributed by atoms with E-state index < -0.39 is 11.5 Å². The summed E-state index contributed by atoms with van der Waals surface area (Å²) >= 11 is 12.1. The molecule has 0 unspecified atom stereocenters. The predicted molar refractivity (Wildman–Crippen MR) is 104 cm³/mol. The second-order valence-corrected chi connectivity index (χ2v) is 6.42. The van der Waals surface area contributed by atoms with Gasteiger partial charge < -0.3 is 5.32 Å². The Morgan fingerprint density at radius 1 is 1.15 bits per heavy atom. The van der Waals surface area contributed by atoms with Crippen LogP contribution >= 0.6 is 23.2 Å². The molecule has 1 N–H and O–H groups in total. The summed E-state index contributed by atoms with van der Waals surface area (Å²) < 4.78 is 1.05. The first-order valence-electron chi connectivity index (χ1n) is 7.80. The van der Waals surface area contributed by atoms with E-state index in [2.05, 4.69) is 10.4 Å². The molecule has 0 saturated carbocycles. The van der Waals surface area contributed by atoms with Gasteiger partial charge in [-0.05, 0) is 42.5 Å². The van der Waals surface area contributed by atoms with Crippen molar-refractivity contribution in [3.8, 4) is 17.3 Å². The molecule has 6 nitrogen and oxygen atoms in total. The molecule has 1 aromatic heterocycles. The van der Waals surface area contributed by atoms with Crippen LogP contribution in [0.25, 0.3) is 11.3 Å². The molecule has 0 radical (unpaired) electrons. The molecular formula is C19H12Cl2N4O2. The number of halogens is 2. The van der Waals surface area contributed by atoms with Crippen LogP contribution in [0.2, 0.25) is 10.0 Å². The highest BCUT2D eigenvalue weighted by Gasteiger charge is 2.11. The number of nitrogens with zero attached hydrogens (tertiary/aromatic N) is 3. The third-order valence-electron chi connectivity index (χ3n) is 3.64. The number of aromatic nitrogens is 2. The lowest BCUT2D eigenvalue weighted by Crippen LogP contribution is -2.29. The van der Waals surface area contributed by atoms with Gasteiger partial charge in [0.05, 0.1) is 22.3 Å². The molecule has 8 heteroatoms. The van der Waals surface area contributed by atoms with Gasteiger partial charge in [0, 0.05) is 22.3 Å². The van der Waals surface area contributed by atoms with Crippen molar-refractivity contribution >= 4 is 34.8 Å². The molecule has 3 rings (SSSR count). The number of carbonyl (C=O) groups excluding carboxylic acids is 1. The van der Waals surface area contributed by atoms with Gasteiger partial charge in [0.1, 0.15) is 6.54 Å². The molecule has 3 aromatic rings. The molecule has 1 amide bonds. The van der Waals surface area contributed by atoms with E-state index in [0.717, 1.165) is 4.68 Å². The molecule has 0 bridgehead atoms. The van der Waals surface area contributed by atoms with E-state index in [9.17, 15) is 9.59 Å². The quantitative estimate of drug-likeness (QED) is 0.724. The fourth-order valence-electron chi connectivity index (χ4n) is 2.41. The first kappa shape index (κ1) is 18.6. The van der Waals surface area contributed by atoms with E-state index in [1.807, 2.05) is 6.07 Å². The fourth-order valence-corrected chi connectivity index (χ4v) is 2.91. The molecule has 0 aliphatic carbocycles. The maximum absolute atomic E-state index is 12.3. The summed E-state index contributed by atoms with van der Waals surface area (Å²) in [6.07, 6.45) is 0. The fraction of sp³-hybridized carbons (Fsp3) is 0.0526. The van der Waals surface area contributed by atoms with Crippen LogP contribution in [0.1, 0.15) is 5.56 Å². The zero-order chi connectivity index (χ0) is 19.4. The number of amides is 1. The molecule has 1 heterocycles.